The summed E-state index contributed by atoms with van der Waals surface area (Å²) < 4.78 is 11.1. The minimum absolute atomic E-state index is 0.223. The summed E-state index contributed by atoms with van der Waals surface area (Å²) in [5.41, 5.74) is 0.223. The van der Waals surface area contributed by atoms with Gasteiger partial charge in [0.25, 0.3) is 0 Å². The Hall–Kier alpha value is -0.0800. The highest BCUT2D eigenvalue weighted by Crippen LogP contribution is 2.34. The Morgan fingerprint density at radius 2 is 1.43 bits per heavy atom. The monoisotopic (exact) mass is 202 g/mol. The Morgan fingerprint density at radius 3 is 1.64 bits per heavy atom. The van der Waals surface area contributed by atoms with Gasteiger partial charge in [-0.15, -0.1) is 0 Å². The molecule has 0 aliphatic carbocycles. The third-order valence-corrected chi connectivity index (χ3v) is 2.26. The topological polar surface area (TPSA) is 18.5 Å². The van der Waals surface area contributed by atoms with Gasteiger partial charge >= 0.3 is 0 Å². The highest BCUT2D eigenvalue weighted by Gasteiger charge is 2.35. The molecule has 86 valence electrons. The van der Waals surface area contributed by atoms with Crippen LogP contribution in [-0.2, 0) is 9.47 Å². The zero-order chi connectivity index (χ0) is 11.4. The van der Waals surface area contributed by atoms with Crippen LogP contribution in [0.5, 0.6) is 0 Å². The molecule has 0 spiro atoms. The molecule has 0 saturated heterocycles. The molecule has 2 heteroatoms. The van der Waals surface area contributed by atoms with Gasteiger partial charge in [-0.2, -0.15) is 0 Å². The summed E-state index contributed by atoms with van der Waals surface area (Å²) in [5.74, 6) is 0.170. The zero-order valence-electron chi connectivity index (χ0n) is 10.8. The van der Waals surface area contributed by atoms with E-state index in [1.165, 1.54) is 0 Å². The van der Waals surface area contributed by atoms with Crippen molar-refractivity contribution in [2.24, 2.45) is 11.3 Å². The molecule has 0 N–H and O–H groups in total. The Balaban J connectivity index is 4.53. The maximum absolute atomic E-state index is 5.55. The van der Waals surface area contributed by atoms with Gasteiger partial charge in [-0.25, -0.2) is 0 Å². The van der Waals surface area contributed by atoms with Gasteiger partial charge in [0.1, 0.15) is 0 Å². The van der Waals surface area contributed by atoms with Crippen molar-refractivity contribution in [1.82, 2.24) is 0 Å². The van der Waals surface area contributed by atoms with E-state index >= 15 is 0 Å². The molecule has 0 bridgehead atoms. The van der Waals surface area contributed by atoms with Crippen LogP contribution < -0.4 is 0 Å². The molecule has 0 heterocycles. The molecule has 0 fully saturated rings. The molecule has 0 saturated carbocycles. The van der Waals surface area contributed by atoms with E-state index in [1.807, 2.05) is 0 Å². The van der Waals surface area contributed by atoms with Crippen molar-refractivity contribution < 1.29 is 9.47 Å². The summed E-state index contributed by atoms with van der Waals surface area (Å²) in [7, 11) is 3.47. The minimum Gasteiger partial charge on any atom is -0.353 e. The molecule has 0 aromatic heterocycles. The fourth-order valence-corrected chi connectivity index (χ4v) is 1.90. The third kappa shape index (κ3) is 4.97. The molecule has 0 aliphatic rings. The fourth-order valence-electron chi connectivity index (χ4n) is 1.90. The van der Waals surface area contributed by atoms with Crippen LogP contribution in [-0.4, -0.2) is 20.0 Å². The summed E-state index contributed by atoms with van der Waals surface area (Å²) in [4.78, 5) is 0. The van der Waals surface area contributed by atoms with Crippen molar-refractivity contribution in [3.05, 3.63) is 0 Å². The van der Waals surface area contributed by atoms with Crippen LogP contribution in [0.4, 0.5) is 0 Å². The van der Waals surface area contributed by atoms with Crippen LogP contribution in [0.2, 0.25) is 0 Å². The quantitative estimate of drug-likeness (QED) is 0.636. The van der Waals surface area contributed by atoms with Gasteiger partial charge in [0.05, 0.1) is 0 Å². The summed E-state index contributed by atoms with van der Waals surface area (Å²) in [6, 6.07) is 0. The molecule has 0 aromatic carbocycles. The van der Waals surface area contributed by atoms with E-state index in [0.29, 0.717) is 5.92 Å². The molecule has 0 rings (SSSR count). The molecule has 14 heavy (non-hydrogen) atoms. The summed E-state index contributed by atoms with van der Waals surface area (Å²) >= 11 is 0. The van der Waals surface area contributed by atoms with Crippen LogP contribution in [0.1, 0.15) is 47.5 Å². The maximum Gasteiger partial charge on any atom is 0.168 e. The summed E-state index contributed by atoms with van der Waals surface area (Å²) in [6.45, 7) is 11.0. The molecule has 0 radical (unpaired) electrons. The number of methoxy groups -OCH3 is 2. The average Bonchev–Trinajstić information content (AvgIpc) is 1.99. The number of ether oxygens (including phenoxy) is 2. The first-order valence-corrected chi connectivity index (χ1v) is 5.35. The zero-order valence-corrected chi connectivity index (χ0v) is 10.8. The largest absolute Gasteiger partial charge is 0.353 e. The second-order valence-corrected chi connectivity index (χ2v) is 5.65. The number of rotatable bonds is 5. The van der Waals surface area contributed by atoms with Gasteiger partial charge in [0.2, 0.25) is 0 Å². The van der Waals surface area contributed by atoms with Gasteiger partial charge in [0, 0.05) is 27.1 Å². The van der Waals surface area contributed by atoms with Crippen molar-refractivity contribution in [2.75, 3.05) is 14.2 Å². The van der Waals surface area contributed by atoms with Crippen LogP contribution in [0, 0.1) is 11.3 Å². The maximum atomic E-state index is 5.55. The molecule has 0 atom stereocenters. The highest BCUT2D eigenvalue weighted by molar-refractivity contribution is 4.78. The Bertz CT molecular complexity index is 152. The number of hydrogen-bond donors (Lipinski definition) is 0. The fraction of sp³-hybridized carbons (Fsp3) is 1.00. The van der Waals surface area contributed by atoms with Gasteiger partial charge in [0.15, 0.2) is 5.79 Å². The Kier molecular flexibility index (Phi) is 5.10. The normalized spacial score (nSPS) is 13.7. The first kappa shape index (κ1) is 13.9. The summed E-state index contributed by atoms with van der Waals surface area (Å²) in [6.07, 6.45) is 1.86. The second-order valence-electron chi connectivity index (χ2n) is 5.65. The van der Waals surface area contributed by atoms with Crippen molar-refractivity contribution >= 4 is 0 Å². The first-order valence-electron chi connectivity index (χ1n) is 5.35. The van der Waals surface area contributed by atoms with Crippen LogP contribution in [0.25, 0.3) is 0 Å². The smallest absolute Gasteiger partial charge is 0.168 e. The second kappa shape index (κ2) is 5.13. The van der Waals surface area contributed by atoms with Gasteiger partial charge in [-0.3, -0.25) is 0 Å². The van der Waals surface area contributed by atoms with Crippen molar-refractivity contribution in [2.45, 2.75) is 53.2 Å². The predicted octanol–water partition coefficient (Wildman–Crippen LogP) is 3.46. The molecular formula is C12H26O2. The predicted molar refractivity (Wildman–Crippen MR) is 60.3 cm³/mol. The SMILES string of the molecule is COC(CC(C)C)(CC(C)(C)C)OC. The van der Waals surface area contributed by atoms with Gasteiger partial charge < -0.3 is 9.47 Å². The van der Waals surface area contributed by atoms with Crippen LogP contribution >= 0.6 is 0 Å². The highest BCUT2D eigenvalue weighted by atomic mass is 16.7. The lowest BCUT2D eigenvalue weighted by molar-refractivity contribution is -0.231. The van der Waals surface area contributed by atoms with Crippen molar-refractivity contribution in [3.63, 3.8) is 0 Å². The van der Waals surface area contributed by atoms with E-state index in [0.717, 1.165) is 12.8 Å². The first-order chi connectivity index (χ1) is 6.24. The summed E-state index contributed by atoms with van der Waals surface area (Å²) in [5, 5.41) is 0. The third-order valence-electron chi connectivity index (χ3n) is 2.26. The average molecular weight is 202 g/mol. The lowest BCUT2D eigenvalue weighted by atomic mass is 9.84. The lowest BCUT2D eigenvalue weighted by Crippen LogP contribution is -2.39. The molecule has 0 unspecified atom stereocenters. The lowest BCUT2D eigenvalue weighted by Gasteiger charge is -2.37. The van der Waals surface area contributed by atoms with E-state index < -0.39 is 5.79 Å². The standard InChI is InChI=1S/C12H26O2/c1-10(2)8-12(13-6,14-7)9-11(3,4)5/h10H,8-9H2,1-7H3. The van der Waals surface area contributed by atoms with Crippen LogP contribution in [0.15, 0.2) is 0 Å². The van der Waals surface area contributed by atoms with Crippen molar-refractivity contribution in [3.8, 4) is 0 Å². The molecule has 0 aromatic rings. The van der Waals surface area contributed by atoms with E-state index in [9.17, 15) is 0 Å². The molecular weight excluding hydrogens is 176 g/mol. The van der Waals surface area contributed by atoms with Crippen LogP contribution in [0.3, 0.4) is 0 Å². The van der Waals surface area contributed by atoms with E-state index in [-0.39, 0.29) is 5.41 Å². The molecule has 0 amide bonds. The Morgan fingerprint density at radius 1 is 1.00 bits per heavy atom. The minimum atomic E-state index is -0.410. The van der Waals surface area contributed by atoms with Crippen molar-refractivity contribution in [1.29, 1.82) is 0 Å². The number of hydrogen-bond acceptors (Lipinski definition) is 2. The van der Waals surface area contributed by atoms with E-state index in [2.05, 4.69) is 34.6 Å². The van der Waals surface area contributed by atoms with E-state index in [4.69, 9.17) is 9.47 Å². The van der Waals surface area contributed by atoms with E-state index in [1.54, 1.807) is 14.2 Å². The van der Waals surface area contributed by atoms with Gasteiger partial charge in [-0.1, -0.05) is 34.6 Å². The molecule has 2 nitrogen and oxygen atoms in total. The molecule has 0 aliphatic heterocycles. The van der Waals surface area contributed by atoms with Gasteiger partial charge in [-0.05, 0) is 11.3 Å². The Labute approximate surface area is 89.0 Å².